The molecule has 0 saturated carbocycles. The molecule has 2 aromatic rings. The molecule has 0 amide bonds. The first kappa shape index (κ1) is 15.6. The average molecular weight is 303 g/mol. The van der Waals surface area contributed by atoms with Crippen LogP contribution in [0.5, 0.6) is 0 Å². The molecular formula is C17H21NO2S. The maximum atomic E-state index is 11.5. The summed E-state index contributed by atoms with van der Waals surface area (Å²) in [5, 5.41) is 3.48. The van der Waals surface area contributed by atoms with Gasteiger partial charge in [0.1, 0.15) is 0 Å². The Morgan fingerprint density at radius 3 is 2.19 bits per heavy atom. The topological polar surface area (TPSA) is 46.2 Å². The Morgan fingerprint density at radius 2 is 1.62 bits per heavy atom. The molecule has 1 N–H and O–H groups in total. The number of aryl methyl sites for hydroxylation is 1. The van der Waals surface area contributed by atoms with Gasteiger partial charge in [-0.3, -0.25) is 0 Å². The molecule has 4 heteroatoms. The van der Waals surface area contributed by atoms with Crippen LogP contribution in [0.2, 0.25) is 0 Å². The predicted molar refractivity (Wildman–Crippen MR) is 87.5 cm³/mol. The predicted octanol–water partition coefficient (Wildman–Crippen LogP) is 3.88. The molecule has 0 bridgehead atoms. The highest BCUT2D eigenvalue weighted by Crippen LogP contribution is 2.24. The molecule has 0 aliphatic carbocycles. The molecule has 0 radical (unpaired) electrons. The molecule has 0 fully saturated rings. The summed E-state index contributed by atoms with van der Waals surface area (Å²) in [4.78, 5) is 0.352. The summed E-state index contributed by atoms with van der Waals surface area (Å²) in [6.45, 7) is 6.25. The second-order valence-electron chi connectivity index (χ2n) is 5.45. The zero-order valence-corrected chi connectivity index (χ0v) is 13.7. The van der Waals surface area contributed by atoms with Gasteiger partial charge < -0.3 is 5.32 Å². The minimum Gasteiger partial charge on any atom is -0.378 e. The molecule has 3 nitrogen and oxygen atoms in total. The van der Waals surface area contributed by atoms with E-state index < -0.39 is 9.84 Å². The number of sulfone groups is 1. The molecule has 2 rings (SSSR count). The number of anilines is 1. The zero-order chi connectivity index (χ0) is 15.6. The summed E-state index contributed by atoms with van der Waals surface area (Å²) >= 11 is 0. The van der Waals surface area contributed by atoms with Gasteiger partial charge in [-0.2, -0.15) is 0 Å². The van der Waals surface area contributed by atoms with Crippen molar-refractivity contribution in [1.29, 1.82) is 0 Å². The van der Waals surface area contributed by atoms with Crippen LogP contribution in [0.15, 0.2) is 47.4 Å². The monoisotopic (exact) mass is 303 g/mol. The Kier molecular flexibility index (Phi) is 4.37. The van der Waals surface area contributed by atoms with E-state index in [1.807, 2.05) is 18.2 Å². The summed E-state index contributed by atoms with van der Waals surface area (Å²) < 4.78 is 22.9. The molecule has 112 valence electrons. The lowest BCUT2D eigenvalue weighted by Crippen LogP contribution is -2.08. The van der Waals surface area contributed by atoms with Gasteiger partial charge in [-0.15, -0.1) is 0 Å². The lowest BCUT2D eigenvalue weighted by molar-refractivity contribution is 0.602. The van der Waals surface area contributed by atoms with E-state index in [0.29, 0.717) is 4.90 Å². The maximum absolute atomic E-state index is 11.5. The van der Waals surface area contributed by atoms with Gasteiger partial charge in [0.15, 0.2) is 9.84 Å². The summed E-state index contributed by atoms with van der Waals surface area (Å²) in [6, 6.07) is 13.3. The van der Waals surface area contributed by atoms with E-state index in [9.17, 15) is 8.42 Å². The quantitative estimate of drug-likeness (QED) is 0.932. The molecule has 0 aromatic heterocycles. The Bertz CT molecular complexity index is 734. The molecule has 0 aliphatic rings. The van der Waals surface area contributed by atoms with Crippen LogP contribution in [0.1, 0.15) is 29.7 Å². The van der Waals surface area contributed by atoms with Crippen molar-refractivity contribution in [3.63, 3.8) is 0 Å². The molecule has 0 aliphatic heterocycles. The van der Waals surface area contributed by atoms with Crippen molar-refractivity contribution in [1.82, 2.24) is 0 Å². The SMILES string of the molecule is Cc1cccc(NC(C)c2ccc(S(C)(=O)=O)cc2)c1C. The summed E-state index contributed by atoms with van der Waals surface area (Å²) in [5.41, 5.74) is 4.65. The van der Waals surface area contributed by atoms with Crippen molar-refractivity contribution < 1.29 is 8.42 Å². The van der Waals surface area contributed by atoms with Gasteiger partial charge in [-0.05, 0) is 55.7 Å². The number of nitrogens with one attached hydrogen (secondary N) is 1. The first-order valence-electron chi connectivity index (χ1n) is 6.92. The van der Waals surface area contributed by atoms with Gasteiger partial charge in [0, 0.05) is 18.0 Å². The summed E-state index contributed by atoms with van der Waals surface area (Å²) in [7, 11) is -3.14. The van der Waals surface area contributed by atoms with Crippen LogP contribution < -0.4 is 5.32 Å². The van der Waals surface area contributed by atoms with Crippen LogP contribution >= 0.6 is 0 Å². The second-order valence-corrected chi connectivity index (χ2v) is 7.47. The third-order valence-corrected chi connectivity index (χ3v) is 4.91. The van der Waals surface area contributed by atoms with Crippen LogP contribution in [-0.4, -0.2) is 14.7 Å². The van der Waals surface area contributed by atoms with Crippen molar-refractivity contribution in [2.75, 3.05) is 11.6 Å². The third kappa shape index (κ3) is 3.64. The molecular weight excluding hydrogens is 282 g/mol. The van der Waals surface area contributed by atoms with Crippen LogP contribution in [0, 0.1) is 13.8 Å². The third-order valence-electron chi connectivity index (χ3n) is 3.78. The van der Waals surface area contributed by atoms with Crippen LogP contribution in [0.4, 0.5) is 5.69 Å². The minimum absolute atomic E-state index is 0.110. The van der Waals surface area contributed by atoms with E-state index in [2.05, 4.69) is 38.2 Å². The highest BCUT2D eigenvalue weighted by Gasteiger charge is 2.10. The smallest absolute Gasteiger partial charge is 0.175 e. The van der Waals surface area contributed by atoms with Gasteiger partial charge in [-0.25, -0.2) is 8.42 Å². The first-order chi connectivity index (χ1) is 9.79. The van der Waals surface area contributed by atoms with Crippen molar-refractivity contribution in [3.8, 4) is 0 Å². The fourth-order valence-corrected chi connectivity index (χ4v) is 2.86. The number of benzene rings is 2. The van der Waals surface area contributed by atoms with E-state index in [-0.39, 0.29) is 6.04 Å². The first-order valence-corrected chi connectivity index (χ1v) is 8.81. The van der Waals surface area contributed by atoms with Crippen LogP contribution in [0.25, 0.3) is 0 Å². The zero-order valence-electron chi connectivity index (χ0n) is 12.8. The van der Waals surface area contributed by atoms with Gasteiger partial charge in [0.25, 0.3) is 0 Å². The summed E-state index contributed by atoms with van der Waals surface area (Å²) in [5.74, 6) is 0. The lowest BCUT2D eigenvalue weighted by atomic mass is 10.1. The van der Waals surface area contributed by atoms with Crippen molar-refractivity contribution in [2.24, 2.45) is 0 Å². The Labute approximate surface area is 126 Å². The van der Waals surface area contributed by atoms with E-state index in [1.54, 1.807) is 12.1 Å². The fraction of sp³-hybridized carbons (Fsp3) is 0.294. The molecule has 1 unspecified atom stereocenters. The van der Waals surface area contributed by atoms with E-state index in [0.717, 1.165) is 11.3 Å². The minimum atomic E-state index is -3.14. The van der Waals surface area contributed by atoms with Gasteiger partial charge >= 0.3 is 0 Å². The van der Waals surface area contributed by atoms with Crippen LogP contribution in [-0.2, 0) is 9.84 Å². The lowest BCUT2D eigenvalue weighted by Gasteiger charge is -2.18. The summed E-state index contributed by atoms with van der Waals surface area (Å²) in [6.07, 6.45) is 1.22. The largest absolute Gasteiger partial charge is 0.378 e. The Morgan fingerprint density at radius 1 is 1.00 bits per heavy atom. The molecule has 1 atom stereocenters. The molecule has 0 heterocycles. The van der Waals surface area contributed by atoms with E-state index in [1.165, 1.54) is 17.4 Å². The highest BCUT2D eigenvalue weighted by molar-refractivity contribution is 7.90. The number of rotatable bonds is 4. The molecule has 0 saturated heterocycles. The standard InChI is InChI=1S/C17H21NO2S/c1-12-6-5-7-17(13(12)2)18-14(3)15-8-10-16(11-9-15)21(4,19)20/h5-11,14,18H,1-4H3. The molecule has 0 spiro atoms. The fourth-order valence-electron chi connectivity index (χ4n) is 2.23. The van der Waals surface area contributed by atoms with Crippen LogP contribution in [0.3, 0.4) is 0 Å². The second kappa shape index (κ2) is 5.90. The Balaban J connectivity index is 2.21. The van der Waals surface area contributed by atoms with Gasteiger partial charge in [0.2, 0.25) is 0 Å². The van der Waals surface area contributed by atoms with Crippen molar-refractivity contribution >= 4 is 15.5 Å². The van der Waals surface area contributed by atoms with E-state index in [4.69, 9.17) is 0 Å². The maximum Gasteiger partial charge on any atom is 0.175 e. The normalized spacial score (nSPS) is 13.0. The number of hydrogen-bond donors (Lipinski definition) is 1. The highest BCUT2D eigenvalue weighted by atomic mass is 32.2. The van der Waals surface area contributed by atoms with Crippen molar-refractivity contribution in [3.05, 3.63) is 59.2 Å². The molecule has 21 heavy (non-hydrogen) atoms. The van der Waals surface area contributed by atoms with Gasteiger partial charge in [-0.1, -0.05) is 24.3 Å². The number of hydrogen-bond acceptors (Lipinski definition) is 3. The van der Waals surface area contributed by atoms with E-state index >= 15 is 0 Å². The molecule has 2 aromatic carbocycles. The Hall–Kier alpha value is -1.81. The van der Waals surface area contributed by atoms with Crippen molar-refractivity contribution in [2.45, 2.75) is 31.7 Å². The average Bonchev–Trinajstić information content (AvgIpc) is 2.43. The van der Waals surface area contributed by atoms with Gasteiger partial charge in [0.05, 0.1) is 4.90 Å².